The van der Waals surface area contributed by atoms with Crippen molar-refractivity contribution in [2.24, 2.45) is 0 Å². The van der Waals surface area contributed by atoms with E-state index in [1.165, 1.54) is 6.08 Å². The molecule has 6 heteroatoms. The van der Waals surface area contributed by atoms with Gasteiger partial charge < -0.3 is 29.9 Å². The van der Waals surface area contributed by atoms with Crippen LogP contribution in [0.15, 0.2) is 12.7 Å². The van der Waals surface area contributed by atoms with Crippen LogP contribution in [-0.2, 0) is 9.47 Å². The highest BCUT2D eigenvalue weighted by Crippen LogP contribution is 2.21. The third-order valence-corrected chi connectivity index (χ3v) is 2.23. The van der Waals surface area contributed by atoms with Gasteiger partial charge in [0, 0.05) is 0 Å². The number of hydrogen-bond donors (Lipinski definition) is 4. The predicted octanol–water partition coefficient (Wildman–Crippen LogP) is -2.01. The van der Waals surface area contributed by atoms with Crippen molar-refractivity contribution in [2.45, 2.75) is 30.7 Å². The van der Waals surface area contributed by atoms with E-state index in [1.54, 1.807) is 0 Å². The van der Waals surface area contributed by atoms with Gasteiger partial charge in [0.1, 0.15) is 24.4 Å². The Hall–Kier alpha value is -0.500. The number of hydrogen-bond acceptors (Lipinski definition) is 6. The minimum atomic E-state index is -1.40. The Kier molecular flexibility index (Phi) is 4.65. The monoisotopic (exact) mass is 220 g/mol. The average Bonchev–Trinajstić information content (AvgIpc) is 2.25. The van der Waals surface area contributed by atoms with Gasteiger partial charge in [0.05, 0.1) is 13.2 Å². The molecule has 1 heterocycles. The molecular weight excluding hydrogens is 204 g/mol. The minimum Gasteiger partial charge on any atom is -0.394 e. The Balaban J connectivity index is 2.60. The molecule has 1 aliphatic rings. The molecule has 0 saturated carbocycles. The summed E-state index contributed by atoms with van der Waals surface area (Å²) in [6.45, 7) is 3.10. The maximum atomic E-state index is 9.47. The van der Waals surface area contributed by atoms with Crippen molar-refractivity contribution in [1.82, 2.24) is 0 Å². The molecule has 88 valence electrons. The fraction of sp³-hybridized carbons (Fsp3) is 0.778. The standard InChI is InChI=1S/C9H16O6/c1-2-3-14-9-8(13)7(12)6(11)5(4-10)15-9/h2,5-13H,1,3-4H2/t5?,6-,7?,8?,9-/m0/s1. The summed E-state index contributed by atoms with van der Waals surface area (Å²) in [7, 11) is 0. The summed E-state index contributed by atoms with van der Waals surface area (Å²) in [5.41, 5.74) is 0. The molecule has 1 fully saturated rings. The second kappa shape index (κ2) is 5.55. The second-order valence-corrected chi connectivity index (χ2v) is 3.32. The summed E-state index contributed by atoms with van der Waals surface area (Å²) in [6, 6.07) is 0. The first-order valence-corrected chi connectivity index (χ1v) is 4.64. The molecule has 1 rings (SSSR count). The van der Waals surface area contributed by atoms with E-state index in [-0.39, 0.29) is 6.61 Å². The van der Waals surface area contributed by atoms with Crippen LogP contribution >= 0.6 is 0 Å². The molecule has 15 heavy (non-hydrogen) atoms. The van der Waals surface area contributed by atoms with Crippen LogP contribution in [0, 0.1) is 0 Å². The molecule has 0 aromatic rings. The third kappa shape index (κ3) is 2.75. The van der Waals surface area contributed by atoms with Crippen molar-refractivity contribution in [3.8, 4) is 0 Å². The van der Waals surface area contributed by atoms with E-state index in [4.69, 9.17) is 14.6 Å². The van der Waals surface area contributed by atoms with Gasteiger partial charge in [-0.3, -0.25) is 0 Å². The van der Waals surface area contributed by atoms with Crippen molar-refractivity contribution < 1.29 is 29.9 Å². The summed E-state index contributed by atoms with van der Waals surface area (Å²) in [6.07, 6.45) is -4.64. The lowest BCUT2D eigenvalue weighted by atomic mass is 9.99. The quantitative estimate of drug-likeness (QED) is 0.408. The molecule has 4 N–H and O–H groups in total. The number of aliphatic hydroxyl groups excluding tert-OH is 4. The molecular formula is C9H16O6. The summed E-state index contributed by atoms with van der Waals surface area (Å²) < 4.78 is 10.1. The van der Waals surface area contributed by atoms with E-state index in [0.717, 1.165) is 0 Å². The van der Waals surface area contributed by atoms with Crippen molar-refractivity contribution >= 4 is 0 Å². The van der Waals surface area contributed by atoms with E-state index in [2.05, 4.69) is 6.58 Å². The molecule has 0 bridgehead atoms. The first-order chi connectivity index (χ1) is 7.11. The highest BCUT2D eigenvalue weighted by molar-refractivity contribution is 4.89. The van der Waals surface area contributed by atoms with Crippen molar-refractivity contribution in [3.05, 3.63) is 12.7 Å². The van der Waals surface area contributed by atoms with Crippen LogP contribution < -0.4 is 0 Å². The molecule has 1 aliphatic heterocycles. The van der Waals surface area contributed by atoms with Crippen LogP contribution in [0.25, 0.3) is 0 Å². The van der Waals surface area contributed by atoms with Crippen LogP contribution in [0.5, 0.6) is 0 Å². The second-order valence-electron chi connectivity index (χ2n) is 3.32. The number of ether oxygens (including phenoxy) is 2. The van der Waals surface area contributed by atoms with Crippen LogP contribution in [0.2, 0.25) is 0 Å². The van der Waals surface area contributed by atoms with Crippen molar-refractivity contribution in [3.63, 3.8) is 0 Å². The van der Waals surface area contributed by atoms with Crippen LogP contribution in [0.3, 0.4) is 0 Å². The van der Waals surface area contributed by atoms with Crippen LogP contribution in [0.4, 0.5) is 0 Å². The lowest BCUT2D eigenvalue weighted by Gasteiger charge is -2.39. The zero-order chi connectivity index (χ0) is 11.4. The fourth-order valence-corrected chi connectivity index (χ4v) is 1.37. The summed E-state index contributed by atoms with van der Waals surface area (Å²) in [4.78, 5) is 0. The largest absolute Gasteiger partial charge is 0.394 e. The van der Waals surface area contributed by atoms with Gasteiger partial charge in [-0.1, -0.05) is 6.08 Å². The first kappa shape index (κ1) is 12.6. The lowest BCUT2D eigenvalue weighted by molar-refractivity contribution is -0.298. The van der Waals surface area contributed by atoms with Gasteiger partial charge in [0.25, 0.3) is 0 Å². The Morgan fingerprint density at radius 3 is 2.40 bits per heavy atom. The summed E-state index contributed by atoms with van der Waals surface area (Å²) >= 11 is 0. The lowest BCUT2D eigenvalue weighted by Crippen LogP contribution is -2.59. The highest BCUT2D eigenvalue weighted by atomic mass is 16.7. The fourth-order valence-electron chi connectivity index (χ4n) is 1.37. The molecule has 6 nitrogen and oxygen atoms in total. The highest BCUT2D eigenvalue weighted by Gasteiger charge is 2.43. The van der Waals surface area contributed by atoms with Crippen LogP contribution in [0.1, 0.15) is 0 Å². The maximum Gasteiger partial charge on any atom is 0.187 e. The zero-order valence-electron chi connectivity index (χ0n) is 8.19. The van der Waals surface area contributed by atoms with Gasteiger partial charge >= 0.3 is 0 Å². The SMILES string of the molecule is C=CCO[C@H]1OC(CO)[C@H](O)C(O)C1O. The van der Waals surface area contributed by atoms with E-state index in [9.17, 15) is 15.3 Å². The summed E-state index contributed by atoms with van der Waals surface area (Å²) in [5, 5.41) is 37.1. The minimum absolute atomic E-state index is 0.142. The molecule has 0 spiro atoms. The van der Waals surface area contributed by atoms with E-state index in [1.807, 2.05) is 0 Å². The Labute approximate surface area is 87.4 Å². The molecule has 3 unspecified atom stereocenters. The predicted molar refractivity (Wildman–Crippen MR) is 49.9 cm³/mol. The Morgan fingerprint density at radius 1 is 1.20 bits per heavy atom. The van der Waals surface area contributed by atoms with Gasteiger partial charge in [-0.05, 0) is 0 Å². The van der Waals surface area contributed by atoms with E-state index < -0.39 is 37.3 Å². The maximum absolute atomic E-state index is 9.47. The Bertz CT molecular complexity index is 207. The van der Waals surface area contributed by atoms with Gasteiger partial charge in [0.15, 0.2) is 6.29 Å². The number of aliphatic hydroxyl groups is 4. The average molecular weight is 220 g/mol. The third-order valence-electron chi connectivity index (χ3n) is 2.23. The smallest absolute Gasteiger partial charge is 0.187 e. The molecule has 1 saturated heterocycles. The van der Waals surface area contributed by atoms with Crippen molar-refractivity contribution in [2.75, 3.05) is 13.2 Å². The van der Waals surface area contributed by atoms with Gasteiger partial charge in [-0.15, -0.1) is 6.58 Å². The molecule has 0 aromatic heterocycles. The molecule has 0 aromatic carbocycles. The normalized spacial score (nSPS) is 41.5. The van der Waals surface area contributed by atoms with Crippen LogP contribution in [-0.4, -0.2) is 64.3 Å². The molecule has 5 atom stereocenters. The van der Waals surface area contributed by atoms with E-state index in [0.29, 0.717) is 0 Å². The molecule has 0 amide bonds. The summed E-state index contributed by atoms with van der Waals surface area (Å²) in [5.74, 6) is 0. The zero-order valence-corrected chi connectivity index (χ0v) is 8.19. The molecule has 0 aliphatic carbocycles. The Morgan fingerprint density at radius 2 is 1.87 bits per heavy atom. The number of rotatable bonds is 4. The van der Waals surface area contributed by atoms with Gasteiger partial charge in [-0.2, -0.15) is 0 Å². The van der Waals surface area contributed by atoms with Gasteiger partial charge in [-0.25, -0.2) is 0 Å². The topological polar surface area (TPSA) is 99.4 Å². The van der Waals surface area contributed by atoms with Gasteiger partial charge in [0.2, 0.25) is 0 Å². The van der Waals surface area contributed by atoms with E-state index >= 15 is 0 Å². The van der Waals surface area contributed by atoms with Crippen molar-refractivity contribution in [1.29, 1.82) is 0 Å². The first-order valence-electron chi connectivity index (χ1n) is 4.64. The molecule has 0 radical (unpaired) electrons.